The van der Waals surface area contributed by atoms with Gasteiger partial charge in [-0.1, -0.05) is 6.07 Å². The van der Waals surface area contributed by atoms with Gasteiger partial charge in [0.2, 0.25) is 11.8 Å². The summed E-state index contributed by atoms with van der Waals surface area (Å²) < 4.78 is 58.4. The number of nitrogens with one attached hydrogen (secondary N) is 1. The van der Waals surface area contributed by atoms with Crippen LogP contribution in [0.1, 0.15) is 28.8 Å². The van der Waals surface area contributed by atoms with Crippen LogP contribution < -0.4 is 5.32 Å². The number of carbonyl (C=O) groups is 1. The molecule has 7 nitrogen and oxygen atoms in total. The van der Waals surface area contributed by atoms with Gasteiger partial charge in [-0.3, -0.25) is 4.79 Å². The molecule has 3 aliphatic rings. The van der Waals surface area contributed by atoms with Gasteiger partial charge in [0.05, 0.1) is 35.0 Å². The van der Waals surface area contributed by atoms with Crippen LogP contribution in [-0.4, -0.2) is 44.4 Å². The molecule has 1 N–H and O–H groups in total. The highest BCUT2D eigenvalue weighted by atomic mass is 19.4. The molecule has 1 aromatic carbocycles. The van der Waals surface area contributed by atoms with E-state index in [0.29, 0.717) is 12.5 Å². The summed E-state index contributed by atoms with van der Waals surface area (Å²) in [6, 6.07) is 3.83. The molecule has 2 aliphatic carbocycles. The first-order valence-corrected chi connectivity index (χ1v) is 10.4. The molecule has 4 unspecified atom stereocenters. The van der Waals surface area contributed by atoms with Gasteiger partial charge in [-0.15, -0.1) is 0 Å². The highest BCUT2D eigenvalue weighted by Crippen LogP contribution is 2.71. The van der Waals surface area contributed by atoms with Crippen molar-refractivity contribution in [1.82, 2.24) is 19.9 Å². The molecule has 1 spiro atoms. The number of anilines is 1. The monoisotopic (exact) mass is 459 g/mol. The fourth-order valence-corrected chi connectivity index (χ4v) is 5.49. The highest BCUT2D eigenvalue weighted by Gasteiger charge is 2.75. The summed E-state index contributed by atoms with van der Waals surface area (Å²) in [6.07, 6.45) is 1.43. The van der Waals surface area contributed by atoms with Crippen molar-refractivity contribution in [3.8, 4) is 11.5 Å². The maximum atomic E-state index is 14.8. The number of rotatable bonds is 4. The molecule has 170 valence electrons. The Labute approximate surface area is 184 Å². The molecule has 1 amide bonds. The van der Waals surface area contributed by atoms with Gasteiger partial charge in [0.15, 0.2) is 0 Å². The minimum atomic E-state index is -4.52. The Morgan fingerprint density at radius 1 is 1.18 bits per heavy atom. The van der Waals surface area contributed by atoms with E-state index in [9.17, 15) is 22.4 Å². The van der Waals surface area contributed by atoms with E-state index in [2.05, 4.69) is 20.3 Å². The van der Waals surface area contributed by atoms with Crippen molar-refractivity contribution < 1.29 is 26.8 Å². The molecule has 2 saturated carbocycles. The Morgan fingerprint density at radius 2 is 1.97 bits per heavy atom. The van der Waals surface area contributed by atoms with Crippen LogP contribution in [0.15, 0.2) is 47.5 Å². The molecular weight excluding hydrogens is 442 g/mol. The van der Waals surface area contributed by atoms with Gasteiger partial charge in [-0.25, -0.2) is 19.3 Å². The molecule has 2 aromatic heterocycles. The largest absolute Gasteiger partial charge is 0.445 e. The number of amides is 1. The molecular formula is C22H17F4N5O2. The fourth-order valence-electron chi connectivity index (χ4n) is 5.49. The molecule has 1 saturated heterocycles. The molecule has 3 aromatic rings. The zero-order valence-electron chi connectivity index (χ0n) is 17.0. The van der Waals surface area contributed by atoms with Crippen LogP contribution >= 0.6 is 0 Å². The average Bonchev–Trinajstić information content (AvgIpc) is 3.14. The highest BCUT2D eigenvalue weighted by molar-refractivity contribution is 6.01. The van der Waals surface area contributed by atoms with E-state index in [0.717, 1.165) is 25.2 Å². The summed E-state index contributed by atoms with van der Waals surface area (Å²) in [5.74, 6) is -0.586. The van der Waals surface area contributed by atoms with Crippen LogP contribution in [0.4, 0.5) is 23.5 Å². The Balaban J connectivity index is 1.27. The van der Waals surface area contributed by atoms with E-state index in [4.69, 9.17) is 4.42 Å². The molecule has 0 bridgehead atoms. The fraction of sp³-hybridized carbons (Fsp3) is 0.364. The van der Waals surface area contributed by atoms with Crippen LogP contribution in [0.5, 0.6) is 0 Å². The average molecular weight is 459 g/mol. The SMILES string of the molecule is O=C(c1c(F)cccc1-c1ncco1)N1CC2CC23CC(Nc2ncc(C(F)(F)F)cn2)C13. The summed E-state index contributed by atoms with van der Waals surface area (Å²) in [5, 5.41) is 3.07. The summed E-state index contributed by atoms with van der Waals surface area (Å²) in [4.78, 5) is 26.8. The zero-order valence-corrected chi connectivity index (χ0v) is 17.0. The Bertz CT molecular complexity index is 1230. The molecule has 3 heterocycles. The van der Waals surface area contributed by atoms with Crippen molar-refractivity contribution in [3.63, 3.8) is 0 Å². The van der Waals surface area contributed by atoms with E-state index in [1.165, 1.54) is 24.6 Å². The van der Waals surface area contributed by atoms with Gasteiger partial charge in [0, 0.05) is 18.9 Å². The third-order valence-electron chi connectivity index (χ3n) is 7.05. The van der Waals surface area contributed by atoms with Crippen LogP contribution in [0.3, 0.4) is 0 Å². The number of benzene rings is 1. The lowest BCUT2D eigenvalue weighted by molar-refractivity contribution is -0.138. The number of oxazole rings is 1. The minimum Gasteiger partial charge on any atom is -0.445 e. The minimum absolute atomic E-state index is 0.0341. The molecule has 11 heteroatoms. The summed E-state index contributed by atoms with van der Waals surface area (Å²) in [6.45, 7) is 0.495. The number of nitrogens with zero attached hydrogens (tertiary/aromatic N) is 4. The zero-order chi connectivity index (χ0) is 23.0. The quantitative estimate of drug-likeness (QED) is 0.594. The second-order valence-electron chi connectivity index (χ2n) is 8.78. The molecule has 33 heavy (non-hydrogen) atoms. The number of carbonyl (C=O) groups excluding carboxylic acids is 1. The lowest BCUT2D eigenvalue weighted by Gasteiger charge is -2.48. The lowest BCUT2D eigenvalue weighted by Crippen LogP contribution is -2.60. The predicted molar refractivity (Wildman–Crippen MR) is 106 cm³/mol. The second-order valence-corrected chi connectivity index (χ2v) is 8.78. The topological polar surface area (TPSA) is 84.2 Å². The van der Waals surface area contributed by atoms with E-state index in [-0.39, 0.29) is 40.5 Å². The Hall–Kier alpha value is -3.50. The Kier molecular flexibility index (Phi) is 4.12. The van der Waals surface area contributed by atoms with E-state index < -0.39 is 23.5 Å². The number of piperidine rings is 1. The first-order chi connectivity index (χ1) is 15.8. The van der Waals surface area contributed by atoms with Gasteiger partial charge < -0.3 is 14.6 Å². The second kappa shape index (κ2) is 6.75. The number of hydrogen-bond donors (Lipinski definition) is 1. The maximum Gasteiger partial charge on any atom is 0.419 e. The van der Waals surface area contributed by atoms with E-state index in [1.54, 1.807) is 11.0 Å². The van der Waals surface area contributed by atoms with E-state index >= 15 is 0 Å². The molecule has 6 rings (SSSR count). The van der Waals surface area contributed by atoms with Crippen molar-refractivity contribution >= 4 is 11.9 Å². The van der Waals surface area contributed by atoms with Crippen LogP contribution in [-0.2, 0) is 6.18 Å². The van der Waals surface area contributed by atoms with Crippen LogP contribution in [0.25, 0.3) is 11.5 Å². The van der Waals surface area contributed by atoms with Crippen LogP contribution in [0, 0.1) is 17.2 Å². The third kappa shape index (κ3) is 3.01. The van der Waals surface area contributed by atoms with Gasteiger partial charge >= 0.3 is 6.18 Å². The Morgan fingerprint density at radius 3 is 2.67 bits per heavy atom. The number of hydrogen-bond acceptors (Lipinski definition) is 6. The van der Waals surface area contributed by atoms with Crippen molar-refractivity contribution in [3.05, 3.63) is 60.0 Å². The first kappa shape index (κ1) is 20.1. The van der Waals surface area contributed by atoms with Gasteiger partial charge in [-0.05, 0) is 36.3 Å². The summed E-state index contributed by atoms with van der Waals surface area (Å²) >= 11 is 0. The molecule has 4 atom stereocenters. The maximum absolute atomic E-state index is 14.8. The third-order valence-corrected chi connectivity index (χ3v) is 7.05. The molecule has 1 aliphatic heterocycles. The smallest absolute Gasteiger partial charge is 0.419 e. The number of halogens is 4. The number of aromatic nitrogens is 3. The molecule has 3 fully saturated rings. The summed E-state index contributed by atoms with van der Waals surface area (Å²) in [5.41, 5.74) is -0.799. The predicted octanol–water partition coefficient (Wildman–Crippen LogP) is 4.00. The number of alkyl halides is 3. The van der Waals surface area contributed by atoms with Gasteiger partial charge in [0.25, 0.3) is 5.91 Å². The van der Waals surface area contributed by atoms with Gasteiger partial charge in [0.1, 0.15) is 12.1 Å². The van der Waals surface area contributed by atoms with Crippen molar-refractivity contribution in [2.45, 2.75) is 31.1 Å². The van der Waals surface area contributed by atoms with Crippen molar-refractivity contribution in [2.24, 2.45) is 11.3 Å². The molecule has 0 radical (unpaired) electrons. The summed E-state index contributed by atoms with van der Waals surface area (Å²) in [7, 11) is 0. The first-order valence-electron chi connectivity index (χ1n) is 10.4. The van der Waals surface area contributed by atoms with Crippen LogP contribution in [0.2, 0.25) is 0 Å². The standard InChI is InChI=1S/C22H17F4N5O2/c23-14-3-1-2-13(18-27-4-5-33-18)16(14)19(32)31-10-11-6-21(11)7-15(17(21)31)30-20-28-8-12(9-29-20)22(24,25)26/h1-5,8-9,11,15,17H,6-7,10H2,(H,28,29,30). The number of likely N-dealkylation sites (tertiary alicyclic amines) is 1. The van der Waals surface area contributed by atoms with E-state index in [1.807, 2.05) is 0 Å². The van der Waals surface area contributed by atoms with Crippen molar-refractivity contribution in [2.75, 3.05) is 11.9 Å². The lowest BCUT2D eigenvalue weighted by atomic mass is 9.71. The van der Waals surface area contributed by atoms with Crippen molar-refractivity contribution in [1.29, 1.82) is 0 Å². The van der Waals surface area contributed by atoms with Gasteiger partial charge in [-0.2, -0.15) is 13.2 Å². The normalized spacial score (nSPS) is 27.5.